The van der Waals surface area contributed by atoms with Crippen molar-refractivity contribution in [2.75, 3.05) is 6.61 Å². The number of hydrogen-bond acceptors (Lipinski definition) is 3. The molecule has 1 amide bonds. The molecule has 84 valence electrons. The first kappa shape index (κ1) is 11.0. The van der Waals surface area contributed by atoms with Crippen molar-refractivity contribution >= 4 is 27.3 Å². The molecule has 0 saturated heterocycles. The molecule has 0 radical (unpaired) electrons. The molecular formula is C11H10FNO2S. The van der Waals surface area contributed by atoms with E-state index in [1.54, 1.807) is 19.1 Å². The van der Waals surface area contributed by atoms with Gasteiger partial charge in [-0.25, -0.2) is 9.87 Å². The summed E-state index contributed by atoms with van der Waals surface area (Å²) in [5, 5.41) is 0.467. The van der Waals surface area contributed by atoms with E-state index in [2.05, 4.69) is 5.48 Å². The van der Waals surface area contributed by atoms with Crippen LogP contribution in [0.5, 0.6) is 0 Å². The van der Waals surface area contributed by atoms with Gasteiger partial charge in [-0.3, -0.25) is 9.63 Å². The van der Waals surface area contributed by atoms with E-state index >= 15 is 0 Å². The second-order valence-electron chi connectivity index (χ2n) is 3.13. The minimum atomic E-state index is -0.345. The number of fused-ring (bicyclic) bond motifs is 1. The van der Waals surface area contributed by atoms with Crippen LogP contribution in [0.25, 0.3) is 10.1 Å². The molecule has 2 aromatic rings. The van der Waals surface area contributed by atoms with Crippen LogP contribution in [0.3, 0.4) is 0 Å². The number of carbonyl (C=O) groups excluding carboxylic acids is 1. The van der Waals surface area contributed by atoms with Gasteiger partial charge in [0.15, 0.2) is 0 Å². The second-order valence-corrected chi connectivity index (χ2v) is 4.21. The molecule has 0 bridgehead atoms. The highest BCUT2D eigenvalue weighted by Gasteiger charge is 2.11. The summed E-state index contributed by atoms with van der Waals surface area (Å²) in [6.45, 7) is 2.16. The molecular weight excluding hydrogens is 229 g/mol. The van der Waals surface area contributed by atoms with E-state index < -0.39 is 0 Å². The van der Waals surface area contributed by atoms with Crippen molar-refractivity contribution in [1.82, 2.24) is 5.48 Å². The topological polar surface area (TPSA) is 38.3 Å². The molecule has 1 aromatic carbocycles. The third-order valence-corrected chi connectivity index (χ3v) is 3.14. The minimum absolute atomic E-state index is 0.316. The zero-order valence-corrected chi connectivity index (χ0v) is 9.44. The summed E-state index contributed by atoms with van der Waals surface area (Å²) in [6.07, 6.45) is 0. The predicted octanol–water partition coefficient (Wildman–Crippen LogP) is 2.72. The molecule has 0 atom stereocenters. The van der Waals surface area contributed by atoms with Crippen molar-refractivity contribution < 1.29 is 14.0 Å². The number of halogens is 1. The van der Waals surface area contributed by atoms with Crippen LogP contribution < -0.4 is 5.48 Å². The van der Waals surface area contributed by atoms with Gasteiger partial charge >= 0.3 is 0 Å². The van der Waals surface area contributed by atoms with Crippen LogP contribution >= 0.6 is 11.3 Å². The molecule has 0 aliphatic rings. The molecule has 0 aliphatic carbocycles. The molecule has 0 saturated carbocycles. The number of amides is 1. The molecule has 0 aliphatic heterocycles. The third kappa shape index (κ3) is 2.05. The lowest BCUT2D eigenvalue weighted by atomic mass is 10.2. The van der Waals surface area contributed by atoms with Gasteiger partial charge in [-0.2, -0.15) is 0 Å². The van der Waals surface area contributed by atoms with Gasteiger partial charge in [0.1, 0.15) is 5.82 Å². The summed E-state index contributed by atoms with van der Waals surface area (Å²) in [4.78, 5) is 16.8. The van der Waals surface area contributed by atoms with Crippen molar-refractivity contribution in [2.24, 2.45) is 0 Å². The molecule has 1 heterocycles. The van der Waals surface area contributed by atoms with E-state index in [0.717, 1.165) is 4.70 Å². The fourth-order valence-corrected chi connectivity index (χ4v) is 2.29. The van der Waals surface area contributed by atoms with E-state index in [9.17, 15) is 9.18 Å². The smallest absolute Gasteiger partial charge is 0.274 e. The Morgan fingerprint density at radius 3 is 3.06 bits per heavy atom. The Balaban J connectivity index is 2.32. The van der Waals surface area contributed by atoms with Gasteiger partial charge in [-0.15, -0.1) is 11.3 Å². The van der Waals surface area contributed by atoms with Crippen LogP contribution in [0.4, 0.5) is 4.39 Å². The summed E-state index contributed by atoms with van der Waals surface area (Å²) in [6, 6.07) is 6.31. The Morgan fingerprint density at radius 1 is 1.56 bits per heavy atom. The van der Waals surface area contributed by atoms with Gasteiger partial charge in [-0.1, -0.05) is 6.07 Å². The number of hydroxylamine groups is 1. The average molecular weight is 239 g/mol. The minimum Gasteiger partial charge on any atom is -0.274 e. The number of carbonyl (C=O) groups is 1. The highest BCUT2D eigenvalue weighted by atomic mass is 32.1. The van der Waals surface area contributed by atoms with Gasteiger partial charge in [0, 0.05) is 10.1 Å². The van der Waals surface area contributed by atoms with E-state index in [1.165, 1.54) is 23.5 Å². The maximum atomic E-state index is 13.4. The standard InChI is InChI=1S/C11H10FNO2S/c1-2-15-13-11(14)10-6-7-8(12)4-3-5-9(7)16-10/h3-6H,2H2,1H3,(H,13,14). The largest absolute Gasteiger partial charge is 0.284 e. The van der Waals surface area contributed by atoms with Crippen molar-refractivity contribution in [3.8, 4) is 0 Å². The summed E-state index contributed by atoms with van der Waals surface area (Å²) < 4.78 is 14.1. The SMILES string of the molecule is CCONC(=O)c1cc2c(F)cccc2s1. The Bertz CT molecular complexity index is 524. The first-order valence-corrected chi connectivity index (χ1v) is 5.64. The molecule has 1 N–H and O–H groups in total. The highest BCUT2D eigenvalue weighted by Crippen LogP contribution is 2.27. The molecule has 16 heavy (non-hydrogen) atoms. The third-order valence-electron chi connectivity index (χ3n) is 2.04. The monoisotopic (exact) mass is 239 g/mol. The van der Waals surface area contributed by atoms with Gasteiger partial charge in [-0.05, 0) is 25.1 Å². The van der Waals surface area contributed by atoms with Crippen molar-refractivity contribution in [2.45, 2.75) is 6.92 Å². The second kappa shape index (κ2) is 4.59. The van der Waals surface area contributed by atoms with Crippen LogP contribution in [0.2, 0.25) is 0 Å². The maximum absolute atomic E-state index is 13.4. The lowest BCUT2D eigenvalue weighted by Gasteiger charge is -1.99. The Morgan fingerprint density at radius 2 is 2.38 bits per heavy atom. The van der Waals surface area contributed by atoms with Gasteiger partial charge in [0.25, 0.3) is 5.91 Å². The van der Waals surface area contributed by atoms with Crippen molar-refractivity contribution in [3.05, 3.63) is 35.0 Å². The van der Waals surface area contributed by atoms with Crippen LogP contribution in [0, 0.1) is 5.82 Å². The highest BCUT2D eigenvalue weighted by molar-refractivity contribution is 7.20. The number of thiophene rings is 1. The average Bonchev–Trinajstić information content (AvgIpc) is 2.71. The lowest BCUT2D eigenvalue weighted by molar-refractivity contribution is 0.0368. The number of rotatable bonds is 3. The Hall–Kier alpha value is -1.46. The summed E-state index contributed by atoms with van der Waals surface area (Å²) in [7, 11) is 0. The van der Waals surface area contributed by atoms with E-state index in [4.69, 9.17) is 4.84 Å². The Labute approximate surface area is 95.8 Å². The molecule has 0 unspecified atom stereocenters. The molecule has 5 heteroatoms. The normalized spacial score (nSPS) is 10.6. The maximum Gasteiger partial charge on any atom is 0.284 e. The lowest BCUT2D eigenvalue weighted by Crippen LogP contribution is -2.22. The fourth-order valence-electron chi connectivity index (χ4n) is 1.33. The predicted molar refractivity (Wildman–Crippen MR) is 60.9 cm³/mol. The fraction of sp³-hybridized carbons (Fsp3) is 0.182. The van der Waals surface area contributed by atoms with Crippen LogP contribution in [-0.4, -0.2) is 12.5 Å². The van der Waals surface area contributed by atoms with Gasteiger partial charge in [0.05, 0.1) is 11.5 Å². The summed E-state index contributed by atoms with van der Waals surface area (Å²) >= 11 is 1.24. The number of nitrogens with one attached hydrogen (secondary N) is 1. The van der Waals surface area contributed by atoms with Crippen molar-refractivity contribution in [3.63, 3.8) is 0 Å². The number of hydrogen-bond donors (Lipinski definition) is 1. The molecule has 0 fully saturated rings. The molecule has 1 aromatic heterocycles. The molecule has 2 rings (SSSR count). The first-order chi connectivity index (χ1) is 7.72. The van der Waals surface area contributed by atoms with Gasteiger partial charge in [0.2, 0.25) is 0 Å². The van der Waals surface area contributed by atoms with Crippen LogP contribution in [0.1, 0.15) is 16.6 Å². The van der Waals surface area contributed by atoms with Crippen molar-refractivity contribution in [1.29, 1.82) is 0 Å². The van der Waals surface area contributed by atoms with Gasteiger partial charge < -0.3 is 0 Å². The van der Waals surface area contributed by atoms with E-state index in [1.807, 2.05) is 0 Å². The quantitative estimate of drug-likeness (QED) is 0.836. The zero-order chi connectivity index (χ0) is 11.5. The Kier molecular flexibility index (Phi) is 3.17. The summed E-state index contributed by atoms with van der Waals surface area (Å²) in [5.41, 5.74) is 2.28. The molecule has 3 nitrogen and oxygen atoms in total. The van der Waals surface area contributed by atoms with E-state index in [0.29, 0.717) is 16.9 Å². The first-order valence-electron chi connectivity index (χ1n) is 4.82. The van der Waals surface area contributed by atoms with Crippen LogP contribution in [-0.2, 0) is 4.84 Å². The van der Waals surface area contributed by atoms with E-state index in [-0.39, 0.29) is 11.7 Å². The molecule has 0 spiro atoms. The summed E-state index contributed by atoms with van der Waals surface area (Å²) in [5.74, 6) is -0.661. The number of benzene rings is 1. The zero-order valence-electron chi connectivity index (χ0n) is 8.62. The van der Waals surface area contributed by atoms with Crippen LogP contribution in [0.15, 0.2) is 24.3 Å².